The molecule has 0 radical (unpaired) electrons. The van der Waals surface area contributed by atoms with Crippen molar-refractivity contribution in [1.82, 2.24) is 4.57 Å². The van der Waals surface area contributed by atoms with Crippen molar-refractivity contribution in [2.45, 2.75) is 18.9 Å². The first-order valence-electron chi connectivity index (χ1n) is 11.4. The smallest absolute Gasteiger partial charge is 0.271 e. The van der Waals surface area contributed by atoms with E-state index in [1.807, 2.05) is 24.3 Å². The molecular formula is C27H17Br2N3O4S. The van der Waals surface area contributed by atoms with Gasteiger partial charge in [0.1, 0.15) is 5.75 Å². The first kappa shape index (κ1) is 24.0. The van der Waals surface area contributed by atoms with Crippen LogP contribution in [0.4, 0.5) is 5.69 Å². The van der Waals surface area contributed by atoms with Crippen molar-refractivity contribution in [1.29, 1.82) is 0 Å². The Morgan fingerprint density at radius 3 is 2.73 bits per heavy atom. The van der Waals surface area contributed by atoms with Gasteiger partial charge < -0.3 is 5.11 Å². The Morgan fingerprint density at radius 1 is 1.11 bits per heavy atom. The number of nitrogens with zero attached hydrogens (tertiary/aromatic N) is 3. The largest absolute Gasteiger partial charge is 0.506 e. The number of aryl methyl sites for hydroxylation is 1. The molecular weight excluding hydrogens is 622 g/mol. The number of phenolic OH excluding ortho intramolecular Hbond substituents is 1. The van der Waals surface area contributed by atoms with Gasteiger partial charge in [0.05, 0.1) is 25.7 Å². The van der Waals surface area contributed by atoms with Crippen molar-refractivity contribution in [3.8, 4) is 5.75 Å². The Kier molecular flexibility index (Phi) is 5.97. The van der Waals surface area contributed by atoms with E-state index in [1.54, 1.807) is 28.8 Å². The molecule has 184 valence electrons. The van der Waals surface area contributed by atoms with Crippen LogP contribution in [0.5, 0.6) is 5.75 Å². The van der Waals surface area contributed by atoms with Crippen molar-refractivity contribution in [2.75, 3.05) is 0 Å². The molecule has 6 rings (SSSR count). The van der Waals surface area contributed by atoms with Gasteiger partial charge in [-0.1, -0.05) is 63.7 Å². The van der Waals surface area contributed by atoms with Gasteiger partial charge in [-0.25, -0.2) is 4.99 Å². The number of allylic oxidation sites excluding steroid dienone is 1. The second-order valence-corrected chi connectivity index (χ2v) is 11.6. The van der Waals surface area contributed by atoms with Gasteiger partial charge >= 0.3 is 0 Å². The molecule has 0 saturated carbocycles. The fraction of sp³-hybridized carbons (Fsp3) is 0.111. The van der Waals surface area contributed by atoms with Gasteiger partial charge in [0, 0.05) is 27.7 Å². The molecule has 0 saturated heterocycles. The monoisotopic (exact) mass is 637 g/mol. The number of non-ortho nitro benzene ring substituents is 1. The number of nitro groups is 1. The predicted molar refractivity (Wildman–Crippen MR) is 149 cm³/mol. The molecule has 0 spiro atoms. The molecule has 1 aliphatic carbocycles. The van der Waals surface area contributed by atoms with Crippen LogP contribution in [0.25, 0.3) is 11.8 Å². The second kappa shape index (κ2) is 9.20. The summed E-state index contributed by atoms with van der Waals surface area (Å²) in [4.78, 5) is 30.4. The summed E-state index contributed by atoms with van der Waals surface area (Å²) in [6, 6.07) is 17.5. The summed E-state index contributed by atoms with van der Waals surface area (Å²) in [7, 11) is 0. The minimum atomic E-state index is -0.524. The zero-order valence-electron chi connectivity index (χ0n) is 19.0. The second-order valence-electron chi connectivity index (χ2n) is 8.79. The Balaban J connectivity index is 1.64. The molecule has 7 nitrogen and oxygen atoms in total. The molecule has 1 atom stereocenters. The number of aromatic hydroxyl groups is 1. The third kappa shape index (κ3) is 4.09. The van der Waals surface area contributed by atoms with Crippen LogP contribution in [-0.2, 0) is 6.42 Å². The molecule has 4 aromatic rings. The van der Waals surface area contributed by atoms with Crippen LogP contribution in [-0.4, -0.2) is 14.6 Å². The van der Waals surface area contributed by atoms with Gasteiger partial charge in [-0.2, -0.15) is 0 Å². The normalized spacial score (nSPS) is 16.6. The van der Waals surface area contributed by atoms with Crippen LogP contribution in [0.1, 0.15) is 34.7 Å². The molecule has 0 fully saturated rings. The Bertz CT molecular complexity index is 1840. The van der Waals surface area contributed by atoms with Gasteiger partial charge in [0.25, 0.3) is 11.2 Å². The van der Waals surface area contributed by atoms with Gasteiger partial charge in [-0.05, 0) is 63.7 Å². The maximum absolute atomic E-state index is 13.8. The molecule has 37 heavy (non-hydrogen) atoms. The molecule has 2 aliphatic rings. The van der Waals surface area contributed by atoms with E-state index in [0.717, 1.165) is 27.7 Å². The molecule has 1 N–H and O–H groups in total. The highest BCUT2D eigenvalue weighted by molar-refractivity contribution is 9.11. The van der Waals surface area contributed by atoms with Gasteiger partial charge in [-0.3, -0.25) is 19.5 Å². The highest BCUT2D eigenvalue weighted by Crippen LogP contribution is 2.41. The summed E-state index contributed by atoms with van der Waals surface area (Å²) >= 11 is 8.01. The molecule has 3 aromatic carbocycles. The third-order valence-electron chi connectivity index (χ3n) is 6.61. The van der Waals surface area contributed by atoms with Crippen LogP contribution < -0.4 is 14.9 Å². The van der Waals surface area contributed by atoms with Gasteiger partial charge in [0.15, 0.2) is 4.80 Å². The van der Waals surface area contributed by atoms with E-state index in [-0.39, 0.29) is 17.0 Å². The number of rotatable bonds is 3. The zero-order valence-corrected chi connectivity index (χ0v) is 23.0. The molecule has 1 aliphatic heterocycles. The van der Waals surface area contributed by atoms with E-state index >= 15 is 0 Å². The predicted octanol–water partition coefficient (Wildman–Crippen LogP) is 5.46. The number of halogens is 2. The van der Waals surface area contributed by atoms with Crippen molar-refractivity contribution in [3.05, 3.63) is 127 Å². The SMILES string of the molecule is O=c1/c(=C\c2cc(Br)cc(Br)c2O)sc2n1C(c1cccc([N+](=O)[O-])c1)C1=C(N=2)c2ccccc2CC1. The Labute approximate surface area is 231 Å². The summed E-state index contributed by atoms with van der Waals surface area (Å²) in [6.07, 6.45) is 3.13. The zero-order chi connectivity index (χ0) is 25.8. The van der Waals surface area contributed by atoms with E-state index < -0.39 is 11.0 Å². The molecule has 2 heterocycles. The molecule has 1 unspecified atom stereocenters. The van der Waals surface area contributed by atoms with E-state index in [4.69, 9.17) is 4.99 Å². The lowest BCUT2D eigenvalue weighted by atomic mass is 9.83. The number of hydrogen-bond acceptors (Lipinski definition) is 6. The lowest BCUT2D eigenvalue weighted by Crippen LogP contribution is -2.38. The first-order valence-corrected chi connectivity index (χ1v) is 13.8. The molecule has 1 aromatic heterocycles. The Hall–Kier alpha value is -3.34. The molecule has 0 amide bonds. The van der Waals surface area contributed by atoms with Crippen molar-refractivity contribution in [3.63, 3.8) is 0 Å². The maximum Gasteiger partial charge on any atom is 0.271 e. The fourth-order valence-corrected chi connectivity index (χ4v) is 7.22. The van der Waals surface area contributed by atoms with E-state index in [0.29, 0.717) is 31.4 Å². The average Bonchev–Trinajstić information content (AvgIpc) is 3.20. The molecule has 0 bridgehead atoms. The topological polar surface area (TPSA) is 97.7 Å². The van der Waals surface area contributed by atoms with Crippen LogP contribution in [0.15, 0.2) is 85.0 Å². The summed E-state index contributed by atoms with van der Waals surface area (Å²) in [5.74, 6) is 0.0255. The summed E-state index contributed by atoms with van der Waals surface area (Å²) in [6.45, 7) is 0. The third-order valence-corrected chi connectivity index (χ3v) is 8.66. The van der Waals surface area contributed by atoms with Crippen molar-refractivity contribution >= 4 is 60.7 Å². The van der Waals surface area contributed by atoms with Crippen LogP contribution in [0, 0.1) is 10.1 Å². The van der Waals surface area contributed by atoms with Crippen molar-refractivity contribution in [2.24, 2.45) is 4.99 Å². The number of fused-ring (bicyclic) bond motifs is 3. The van der Waals surface area contributed by atoms with E-state index in [9.17, 15) is 20.0 Å². The van der Waals surface area contributed by atoms with Crippen LogP contribution >= 0.6 is 43.2 Å². The average molecular weight is 639 g/mol. The minimum Gasteiger partial charge on any atom is -0.506 e. The minimum absolute atomic E-state index is 0.0255. The highest BCUT2D eigenvalue weighted by Gasteiger charge is 2.33. The number of aromatic nitrogens is 1. The summed E-state index contributed by atoms with van der Waals surface area (Å²) in [5.41, 5.74) is 4.84. The van der Waals surface area contributed by atoms with Gasteiger partial charge in [-0.15, -0.1) is 0 Å². The summed E-state index contributed by atoms with van der Waals surface area (Å²) < 4.78 is 3.29. The van der Waals surface area contributed by atoms with E-state index in [2.05, 4.69) is 37.9 Å². The quantitative estimate of drug-likeness (QED) is 0.238. The highest BCUT2D eigenvalue weighted by atomic mass is 79.9. The number of nitro benzene ring substituents is 1. The maximum atomic E-state index is 13.8. The van der Waals surface area contributed by atoms with Crippen LogP contribution in [0.2, 0.25) is 0 Å². The number of benzene rings is 3. The number of thiazole rings is 1. The van der Waals surface area contributed by atoms with Crippen molar-refractivity contribution < 1.29 is 10.0 Å². The standard InChI is InChI=1S/C27H17Br2N3O4S/c28-17-10-16(25(33)21(29)13-17)12-22-26(34)31-24(15-5-3-6-18(11-15)32(35)36)20-9-8-14-4-1-2-7-19(14)23(20)30-27(31)37-22/h1-7,10-13,24,33H,8-9H2/b22-12+. The van der Waals surface area contributed by atoms with E-state index in [1.165, 1.54) is 29.0 Å². The molecule has 10 heteroatoms. The first-order chi connectivity index (χ1) is 17.8. The lowest BCUT2D eigenvalue weighted by molar-refractivity contribution is -0.384. The number of hydrogen-bond donors (Lipinski definition) is 1. The fourth-order valence-electron chi connectivity index (χ4n) is 4.97. The Morgan fingerprint density at radius 2 is 1.92 bits per heavy atom. The number of phenols is 1. The van der Waals surface area contributed by atoms with Crippen LogP contribution in [0.3, 0.4) is 0 Å². The lowest BCUT2D eigenvalue weighted by Gasteiger charge is -2.30. The summed E-state index contributed by atoms with van der Waals surface area (Å²) in [5, 5.41) is 22.1. The van der Waals surface area contributed by atoms with Gasteiger partial charge in [0.2, 0.25) is 0 Å².